The first-order chi connectivity index (χ1) is 8.06. The molecular weight excluding hydrogens is 210 g/mol. The highest BCUT2D eigenvalue weighted by Crippen LogP contribution is 2.15. The summed E-state index contributed by atoms with van der Waals surface area (Å²) in [5.74, 6) is 0. The number of nitriles is 1. The van der Waals surface area contributed by atoms with Crippen molar-refractivity contribution in [2.24, 2.45) is 0 Å². The highest BCUT2D eigenvalue weighted by atomic mass is 15.1. The van der Waals surface area contributed by atoms with Gasteiger partial charge < -0.3 is 4.90 Å². The van der Waals surface area contributed by atoms with Crippen LogP contribution in [0.5, 0.6) is 0 Å². The van der Waals surface area contributed by atoms with Gasteiger partial charge in [-0.05, 0) is 72.5 Å². The lowest BCUT2D eigenvalue weighted by Gasteiger charge is -2.26. The van der Waals surface area contributed by atoms with E-state index in [0.29, 0.717) is 6.04 Å². The van der Waals surface area contributed by atoms with Gasteiger partial charge in [0.1, 0.15) is 5.54 Å². The molecule has 1 saturated heterocycles. The van der Waals surface area contributed by atoms with Crippen LogP contribution >= 0.6 is 0 Å². The van der Waals surface area contributed by atoms with Crippen molar-refractivity contribution in [3.05, 3.63) is 0 Å². The number of nitrogens with zero attached hydrogens (tertiary/aromatic N) is 2. The number of nitrogens with one attached hydrogen (secondary N) is 1. The number of likely N-dealkylation sites (tertiary alicyclic amines) is 1. The molecule has 3 nitrogen and oxygen atoms in total. The quantitative estimate of drug-likeness (QED) is 0.692. The molecule has 98 valence electrons. The van der Waals surface area contributed by atoms with Crippen LogP contribution in [0.25, 0.3) is 0 Å². The maximum absolute atomic E-state index is 9.22. The lowest BCUT2D eigenvalue weighted by molar-refractivity contribution is 0.312. The second kappa shape index (κ2) is 6.98. The molecule has 0 radical (unpaired) electrons. The van der Waals surface area contributed by atoms with E-state index in [1.54, 1.807) is 0 Å². The Morgan fingerprint density at radius 3 is 2.47 bits per heavy atom. The number of hydrogen-bond acceptors (Lipinski definition) is 3. The van der Waals surface area contributed by atoms with Gasteiger partial charge in [-0.25, -0.2) is 0 Å². The third-order valence-electron chi connectivity index (χ3n) is 3.45. The van der Waals surface area contributed by atoms with E-state index in [-0.39, 0.29) is 5.54 Å². The molecule has 17 heavy (non-hydrogen) atoms. The molecule has 1 aliphatic rings. The Balaban J connectivity index is 2.16. The van der Waals surface area contributed by atoms with E-state index in [1.165, 1.54) is 38.9 Å². The Bertz CT molecular complexity index is 251. The minimum absolute atomic E-state index is 0.348. The Hall–Kier alpha value is -0.590. The standard InChI is InChI=1S/C14H27N3/c1-13(2)16-14(3,12-15)8-4-5-9-17-10-6-7-11-17/h13,16H,4-11H2,1-3H3. The highest BCUT2D eigenvalue weighted by molar-refractivity contribution is 5.04. The highest BCUT2D eigenvalue weighted by Gasteiger charge is 2.23. The molecule has 0 aliphatic carbocycles. The molecule has 0 aromatic rings. The molecule has 1 rings (SSSR count). The fraction of sp³-hybridized carbons (Fsp3) is 0.929. The fourth-order valence-corrected chi connectivity index (χ4v) is 2.62. The van der Waals surface area contributed by atoms with Gasteiger partial charge in [-0.3, -0.25) is 5.32 Å². The predicted molar refractivity (Wildman–Crippen MR) is 71.8 cm³/mol. The molecule has 1 fully saturated rings. The summed E-state index contributed by atoms with van der Waals surface area (Å²) >= 11 is 0. The molecule has 1 heterocycles. The van der Waals surface area contributed by atoms with Crippen molar-refractivity contribution in [2.75, 3.05) is 19.6 Å². The van der Waals surface area contributed by atoms with Gasteiger partial charge in [-0.15, -0.1) is 0 Å². The van der Waals surface area contributed by atoms with Crippen LogP contribution < -0.4 is 5.32 Å². The summed E-state index contributed by atoms with van der Waals surface area (Å²) in [6.07, 6.45) is 6.04. The molecule has 0 spiro atoms. The predicted octanol–water partition coefficient (Wildman–Crippen LogP) is 2.53. The monoisotopic (exact) mass is 237 g/mol. The van der Waals surface area contributed by atoms with Crippen LogP contribution in [0.3, 0.4) is 0 Å². The molecule has 3 heteroatoms. The minimum atomic E-state index is -0.348. The van der Waals surface area contributed by atoms with Gasteiger partial charge in [0.2, 0.25) is 0 Å². The molecular formula is C14H27N3. The topological polar surface area (TPSA) is 39.1 Å². The SMILES string of the molecule is CC(C)NC(C)(C#N)CCCCN1CCCC1. The van der Waals surface area contributed by atoms with Crippen LogP contribution in [0.2, 0.25) is 0 Å². The number of unbranched alkanes of at least 4 members (excludes halogenated alkanes) is 1. The Morgan fingerprint density at radius 1 is 1.29 bits per heavy atom. The second-order valence-electron chi connectivity index (χ2n) is 5.75. The van der Waals surface area contributed by atoms with Crippen molar-refractivity contribution in [3.63, 3.8) is 0 Å². The lowest BCUT2D eigenvalue weighted by Crippen LogP contribution is -2.44. The first-order valence-corrected chi connectivity index (χ1v) is 6.97. The van der Waals surface area contributed by atoms with Gasteiger partial charge in [0.25, 0.3) is 0 Å². The van der Waals surface area contributed by atoms with Gasteiger partial charge in [-0.1, -0.05) is 0 Å². The van der Waals surface area contributed by atoms with Crippen LogP contribution in [0.4, 0.5) is 0 Å². The van der Waals surface area contributed by atoms with Gasteiger partial charge >= 0.3 is 0 Å². The van der Waals surface area contributed by atoms with Crippen LogP contribution in [-0.2, 0) is 0 Å². The molecule has 1 N–H and O–H groups in total. The second-order valence-corrected chi connectivity index (χ2v) is 5.75. The molecule has 0 bridgehead atoms. The summed E-state index contributed by atoms with van der Waals surface area (Å²) < 4.78 is 0. The van der Waals surface area contributed by atoms with Crippen molar-refractivity contribution < 1.29 is 0 Å². The summed E-state index contributed by atoms with van der Waals surface area (Å²) in [4.78, 5) is 2.54. The van der Waals surface area contributed by atoms with Gasteiger partial charge in [0.15, 0.2) is 0 Å². The van der Waals surface area contributed by atoms with Crippen molar-refractivity contribution in [2.45, 2.75) is 64.5 Å². The first-order valence-electron chi connectivity index (χ1n) is 6.97. The Kier molecular flexibility index (Phi) is 5.94. The van der Waals surface area contributed by atoms with Gasteiger partial charge in [0.05, 0.1) is 6.07 Å². The largest absolute Gasteiger partial charge is 0.303 e. The zero-order valence-electron chi connectivity index (χ0n) is 11.6. The van der Waals surface area contributed by atoms with Crippen LogP contribution in [0, 0.1) is 11.3 Å². The van der Waals surface area contributed by atoms with Crippen LogP contribution in [0.15, 0.2) is 0 Å². The van der Waals surface area contributed by atoms with E-state index in [9.17, 15) is 5.26 Å². The lowest BCUT2D eigenvalue weighted by atomic mass is 9.95. The average molecular weight is 237 g/mol. The van der Waals surface area contributed by atoms with Crippen molar-refractivity contribution in [3.8, 4) is 6.07 Å². The third-order valence-corrected chi connectivity index (χ3v) is 3.45. The van der Waals surface area contributed by atoms with Gasteiger partial charge in [-0.2, -0.15) is 5.26 Å². The third kappa shape index (κ3) is 5.52. The zero-order valence-corrected chi connectivity index (χ0v) is 11.6. The van der Waals surface area contributed by atoms with E-state index in [2.05, 4.69) is 30.1 Å². The summed E-state index contributed by atoms with van der Waals surface area (Å²) in [7, 11) is 0. The molecule has 0 saturated carbocycles. The average Bonchev–Trinajstić information content (AvgIpc) is 2.76. The van der Waals surface area contributed by atoms with Crippen molar-refractivity contribution in [1.82, 2.24) is 10.2 Å². The fourth-order valence-electron chi connectivity index (χ4n) is 2.62. The summed E-state index contributed by atoms with van der Waals surface area (Å²) in [6, 6.07) is 2.79. The Morgan fingerprint density at radius 2 is 1.94 bits per heavy atom. The van der Waals surface area contributed by atoms with E-state index >= 15 is 0 Å². The molecule has 0 aromatic carbocycles. The molecule has 1 aliphatic heterocycles. The Labute approximate surface area is 106 Å². The normalized spacial score (nSPS) is 20.4. The number of hydrogen-bond donors (Lipinski definition) is 1. The van der Waals surface area contributed by atoms with Crippen LogP contribution in [-0.4, -0.2) is 36.1 Å². The van der Waals surface area contributed by atoms with E-state index < -0.39 is 0 Å². The van der Waals surface area contributed by atoms with E-state index in [0.717, 1.165) is 12.8 Å². The smallest absolute Gasteiger partial charge is 0.104 e. The van der Waals surface area contributed by atoms with Crippen molar-refractivity contribution >= 4 is 0 Å². The summed E-state index contributed by atoms with van der Waals surface area (Å²) in [5, 5.41) is 12.6. The summed E-state index contributed by atoms with van der Waals surface area (Å²) in [6.45, 7) is 9.98. The zero-order chi connectivity index (χ0) is 12.7. The van der Waals surface area contributed by atoms with Gasteiger partial charge in [0, 0.05) is 6.04 Å². The molecule has 0 aromatic heterocycles. The van der Waals surface area contributed by atoms with Crippen LogP contribution in [0.1, 0.15) is 52.9 Å². The maximum Gasteiger partial charge on any atom is 0.104 e. The minimum Gasteiger partial charge on any atom is -0.303 e. The van der Waals surface area contributed by atoms with E-state index in [4.69, 9.17) is 0 Å². The number of rotatable bonds is 7. The maximum atomic E-state index is 9.22. The molecule has 1 atom stereocenters. The summed E-state index contributed by atoms with van der Waals surface area (Å²) in [5.41, 5.74) is -0.348. The first kappa shape index (κ1) is 14.5. The van der Waals surface area contributed by atoms with Crippen molar-refractivity contribution in [1.29, 1.82) is 5.26 Å². The molecule has 1 unspecified atom stereocenters. The molecule has 0 amide bonds. The van der Waals surface area contributed by atoms with E-state index in [1.807, 2.05) is 6.92 Å².